The zero-order valence-electron chi connectivity index (χ0n) is 15.6. The van der Waals surface area contributed by atoms with Gasteiger partial charge in [-0.3, -0.25) is 4.99 Å². The van der Waals surface area contributed by atoms with E-state index in [1.165, 1.54) is 18.4 Å². The number of halogens is 1. The van der Waals surface area contributed by atoms with Crippen molar-refractivity contribution in [3.05, 3.63) is 30.1 Å². The van der Waals surface area contributed by atoms with Crippen molar-refractivity contribution < 1.29 is 17.5 Å². The van der Waals surface area contributed by atoms with Crippen LogP contribution in [0.25, 0.3) is 0 Å². The highest BCUT2D eigenvalue weighted by Crippen LogP contribution is 2.45. The molecule has 146 valence electrons. The summed E-state index contributed by atoms with van der Waals surface area (Å²) in [6.07, 6.45) is 3.70. The van der Waals surface area contributed by atoms with Gasteiger partial charge >= 0.3 is 0 Å². The normalized spacial score (nSPS) is 17.5. The molecular formula is C18H28FN3O3S. The van der Waals surface area contributed by atoms with E-state index in [0.29, 0.717) is 24.8 Å². The number of ether oxygens (including phenoxy) is 1. The molecule has 0 spiro atoms. The quantitative estimate of drug-likeness (QED) is 0.502. The minimum atomic E-state index is -2.99. The average molecular weight is 386 g/mol. The van der Waals surface area contributed by atoms with Crippen LogP contribution in [0.5, 0.6) is 5.75 Å². The van der Waals surface area contributed by atoms with Gasteiger partial charge < -0.3 is 15.4 Å². The maximum atomic E-state index is 13.3. The molecule has 1 unspecified atom stereocenters. The number of nitrogens with zero attached hydrogens (tertiary/aromatic N) is 1. The van der Waals surface area contributed by atoms with Crippen LogP contribution in [0.15, 0.2) is 29.3 Å². The van der Waals surface area contributed by atoms with Crippen LogP contribution in [0.2, 0.25) is 0 Å². The minimum Gasteiger partial charge on any atom is -0.489 e. The molecule has 2 rings (SSSR count). The van der Waals surface area contributed by atoms with Gasteiger partial charge in [0.15, 0.2) is 5.96 Å². The van der Waals surface area contributed by atoms with Crippen LogP contribution < -0.4 is 15.4 Å². The third-order valence-corrected chi connectivity index (χ3v) is 5.57. The van der Waals surface area contributed by atoms with E-state index >= 15 is 0 Å². The lowest BCUT2D eigenvalue weighted by Gasteiger charge is -2.21. The van der Waals surface area contributed by atoms with Crippen LogP contribution in [0.3, 0.4) is 0 Å². The molecule has 1 saturated carbocycles. The topological polar surface area (TPSA) is 79.8 Å². The maximum Gasteiger partial charge on any atom is 0.191 e. The summed E-state index contributed by atoms with van der Waals surface area (Å²) in [6.45, 7) is 3.07. The van der Waals surface area contributed by atoms with Gasteiger partial charge in [-0.05, 0) is 31.4 Å². The van der Waals surface area contributed by atoms with Crippen molar-refractivity contribution in [2.45, 2.75) is 32.3 Å². The molecule has 0 heterocycles. The summed E-state index contributed by atoms with van der Waals surface area (Å²) in [7, 11) is -1.33. The summed E-state index contributed by atoms with van der Waals surface area (Å²) >= 11 is 0. The Morgan fingerprint density at radius 1 is 1.38 bits per heavy atom. The Hall–Kier alpha value is -1.83. The second-order valence-electron chi connectivity index (χ2n) is 6.98. The molecule has 0 aromatic heterocycles. The van der Waals surface area contributed by atoms with E-state index in [1.807, 2.05) is 6.92 Å². The summed E-state index contributed by atoms with van der Waals surface area (Å²) in [5.41, 5.74) is -0.173. The summed E-state index contributed by atoms with van der Waals surface area (Å²) in [6, 6.07) is 6.07. The average Bonchev–Trinajstić information content (AvgIpc) is 3.31. The standard InChI is InChI=1S/C18H28FN3O3S/c1-4-15(25-16-7-5-6-14(19)10-16)11-21-17(20-2)22-12-18(8-9-18)13-26(3,23)24/h5-7,10,15H,4,8-9,11-13H2,1-3H3,(H2,20,21,22). The van der Waals surface area contributed by atoms with Crippen molar-refractivity contribution in [2.24, 2.45) is 10.4 Å². The Labute approximate surface area is 155 Å². The van der Waals surface area contributed by atoms with Crippen LogP contribution in [-0.4, -0.2) is 52.6 Å². The largest absolute Gasteiger partial charge is 0.489 e. The Morgan fingerprint density at radius 2 is 2.12 bits per heavy atom. The maximum absolute atomic E-state index is 13.3. The van der Waals surface area contributed by atoms with Crippen molar-refractivity contribution in [2.75, 3.05) is 32.1 Å². The van der Waals surface area contributed by atoms with Gasteiger partial charge in [0.2, 0.25) is 0 Å². The van der Waals surface area contributed by atoms with Crippen molar-refractivity contribution >= 4 is 15.8 Å². The molecule has 0 aliphatic heterocycles. The van der Waals surface area contributed by atoms with Crippen LogP contribution in [0.1, 0.15) is 26.2 Å². The monoisotopic (exact) mass is 385 g/mol. The molecule has 1 fully saturated rings. The molecule has 8 heteroatoms. The third kappa shape index (κ3) is 6.82. The summed E-state index contributed by atoms with van der Waals surface area (Å²) in [5.74, 6) is 0.964. The number of hydrogen-bond donors (Lipinski definition) is 2. The van der Waals surface area contributed by atoms with Gasteiger partial charge in [0, 0.05) is 31.3 Å². The second kappa shape index (κ2) is 8.70. The number of guanidine groups is 1. The van der Waals surface area contributed by atoms with E-state index in [0.717, 1.165) is 19.3 Å². The van der Waals surface area contributed by atoms with E-state index in [-0.39, 0.29) is 23.1 Å². The van der Waals surface area contributed by atoms with E-state index in [9.17, 15) is 12.8 Å². The lowest BCUT2D eigenvalue weighted by Crippen LogP contribution is -2.45. The molecule has 2 N–H and O–H groups in total. The second-order valence-corrected chi connectivity index (χ2v) is 9.12. The zero-order valence-corrected chi connectivity index (χ0v) is 16.4. The van der Waals surface area contributed by atoms with Crippen LogP contribution in [0, 0.1) is 11.2 Å². The van der Waals surface area contributed by atoms with E-state index < -0.39 is 9.84 Å². The van der Waals surface area contributed by atoms with Crippen LogP contribution >= 0.6 is 0 Å². The summed E-state index contributed by atoms with van der Waals surface area (Å²) < 4.78 is 42.1. The molecule has 1 aliphatic rings. The fourth-order valence-electron chi connectivity index (χ4n) is 2.81. The van der Waals surface area contributed by atoms with E-state index in [4.69, 9.17) is 4.74 Å². The first kappa shape index (κ1) is 20.5. The first-order chi connectivity index (χ1) is 12.3. The van der Waals surface area contributed by atoms with Crippen molar-refractivity contribution in [3.63, 3.8) is 0 Å². The molecule has 0 radical (unpaired) electrons. The number of rotatable bonds is 9. The lowest BCUT2D eigenvalue weighted by molar-refractivity contribution is 0.198. The molecule has 0 bridgehead atoms. The van der Waals surface area contributed by atoms with Gasteiger partial charge in [-0.2, -0.15) is 0 Å². The number of sulfone groups is 1. The van der Waals surface area contributed by atoms with Gasteiger partial charge in [0.1, 0.15) is 27.5 Å². The SMILES string of the molecule is CCC(CNC(=NC)NCC1(CS(C)(=O)=O)CC1)Oc1cccc(F)c1. The smallest absolute Gasteiger partial charge is 0.191 e. The highest BCUT2D eigenvalue weighted by molar-refractivity contribution is 7.90. The number of benzene rings is 1. The summed E-state index contributed by atoms with van der Waals surface area (Å²) in [5, 5.41) is 6.40. The Bertz CT molecular complexity index is 733. The lowest BCUT2D eigenvalue weighted by atomic mass is 10.1. The first-order valence-electron chi connectivity index (χ1n) is 8.80. The van der Waals surface area contributed by atoms with E-state index in [1.54, 1.807) is 19.2 Å². The van der Waals surface area contributed by atoms with Crippen molar-refractivity contribution in [3.8, 4) is 5.75 Å². The third-order valence-electron chi connectivity index (χ3n) is 4.43. The van der Waals surface area contributed by atoms with Crippen LogP contribution in [0.4, 0.5) is 4.39 Å². The Balaban J connectivity index is 1.82. The van der Waals surface area contributed by atoms with Crippen molar-refractivity contribution in [1.29, 1.82) is 0 Å². The molecule has 0 amide bonds. The number of nitrogens with one attached hydrogen (secondary N) is 2. The molecule has 6 nitrogen and oxygen atoms in total. The number of aliphatic imine (C=N–C) groups is 1. The van der Waals surface area contributed by atoms with Crippen molar-refractivity contribution in [1.82, 2.24) is 10.6 Å². The van der Waals surface area contributed by atoms with Gasteiger partial charge in [-0.15, -0.1) is 0 Å². The fourth-order valence-corrected chi connectivity index (χ4v) is 4.31. The van der Waals surface area contributed by atoms with Gasteiger partial charge in [0.25, 0.3) is 0 Å². The highest BCUT2D eigenvalue weighted by atomic mass is 32.2. The summed E-state index contributed by atoms with van der Waals surface area (Å²) in [4.78, 5) is 4.17. The molecule has 1 atom stereocenters. The Morgan fingerprint density at radius 3 is 2.65 bits per heavy atom. The molecule has 1 aromatic rings. The van der Waals surface area contributed by atoms with Gasteiger partial charge in [-0.25, -0.2) is 12.8 Å². The molecule has 1 aliphatic carbocycles. The minimum absolute atomic E-state index is 0.138. The van der Waals surface area contributed by atoms with Gasteiger partial charge in [0.05, 0.1) is 12.3 Å². The molecule has 1 aromatic carbocycles. The predicted molar refractivity (Wildman–Crippen MR) is 102 cm³/mol. The molecule has 26 heavy (non-hydrogen) atoms. The molecule has 0 saturated heterocycles. The highest BCUT2D eigenvalue weighted by Gasteiger charge is 2.45. The zero-order chi connectivity index (χ0) is 19.2. The van der Waals surface area contributed by atoms with Gasteiger partial charge in [-0.1, -0.05) is 13.0 Å². The number of hydrogen-bond acceptors (Lipinski definition) is 4. The van der Waals surface area contributed by atoms with E-state index in [2.05, 4.69) is 15.6 Å². The fraction of sp³-hybridized carbons (Fsp3) is 0.611. The Kier molecular flexibility index (Phi) is 6.86. The predicted octanol–water partition coefficient (Wildman–Crippen LogP) is 1.97. The molecular weight excluding hydrogens is 357 g/mol. The van der Waals surface area contributed by atoms with Crippen LogP contribution in [-0.2, 0) is 9.84 Å². The first-order valence-corrected chi connectivity index (χ1v) is 10.9.